The first-order valence-corrected chi connectivity index (χ1v) is 7.08. The van der Waals surface area contributed by atoms with Gasteiger partial charge in [-0.2, -0.15) is 0 Å². The van der Waals surface area contributed by atoms with Crippen molar-refractivity contribution in [3.05, 3.63) is 0 Å². The molecule has 0 atom stereocenters. The molecule has 0 bridgehead atoms. The SMILES string of the molecule is CC(C)CNC(=O)CCNC1CCC(C)CC1. The lowest BCUT2D eigenvalue weighted by atomic mass is 9.87. The first-order chi connectivity index (χ1) is 8.08. The molecule has 0 aromatic heterocycles. The fourth-order valence-corrected chi connectivity index (χ4v) is 2.26. The maximum absolute atomic E-state index is 11.5. The van der Waals surface area contributed by atoms with Crippen LogP contribution in [0.4, 0.5) is 0 Å². The summed E-state index contributed by atoms with van der Waals surface area (Å²) in [5, 5.41) is 6.45. The summed E-state index contributed by atoms with van der Waals surface area (Å²) in [7, 11) is 0. The molecule has 0 unspecified atom stereocenters. The molecule has 0 heterocycles. The van der Waals surface area contributed by atoms with Crippen molar-refractivity contribution in [2.24, 2.45) is 11.8 Å². The van der Waals surface area contributed by atoms with Crippen molar-refractivity contribution in [3.8, 4) is 0 Å². The molecule has 3 nitrogen and oxygen atoms in total. The number of amides is 1. The maximum atomic E-state index is 11.5. The van der Waals surface area contributed by atoms with Crippen LogP contribution in [0.1, 0.15) is 52.9 Å². The molecule has 0 aromatic rings. The number of hydrogen-bond donors (Lipinski definition) is 2. The molecule has 17 heavy (non-hydrogen) atoms. The van der Waals surface area contributed by atoms with Gasteiger partial charge >= 0.3 is 0 Å². The summed E-state index contributed by atoms with van der Waals surface area (Å²) in [4.78, 5) is 11.5. The average Bonchev–Trinajstić information content (AvgIpc) is 2.29. The van der Waals surface area contributed by atoms with Crippen LogP contribution in [-0.2, 0) is 4.79 Å². The van der Waals surface area contributed by atoms with Crippen molar-refractivity contribution >= 4 is 5.91 Å². The molecule has 1 amide bonds. The highest BCUT2D eigenvalue weighted by Crippen LogP contribution is 2.23. The summed E-state index contributed by atoms with van der Waals surface area (Å²) in [6.07, 6.45) is 5.82. The quantitative estimate of drug-likeness (QED) is 0.748. The lowest BCUT2D eigenvalue weighted by Gasteiger charge is -2.26. The van der Waals surface area contributed by atoms with Crippen LogP contribution >= 0.6 is 0 Å². The van der Waals surface area contributed by atoms with Crippen molar-refractivity contribution in [1.29, 1.82) is 0 Å². The second-order valence-electron chi connectivity index (χ2n) is 5.86. The Morgan fingerprint density at radius 3 is 2.47 bits per heavy atom. The van der Waals surface area contributed by atoms with Crippen LogP contribution in [0.25, 0.3) is 0 Å². The molecule has 0 aliphatic heterocycles. The monoisotopic (exact) mass is 240 g/mol. The molecule has 0 spiro atoms. The van der Waals surface area contributed by atoms with E-state index in [0.29, 0.717) is 18.4 Å². The van der Waals surface area contributed by atoms with Crippen LogP contribution in [0.2, 0.25) is 0 Å². The summed E-state index contributed by atoms with van der Waals surface area (Å²) in [6, 6.07) is 0.643. The Kier molecular flexibility index (Phi) is 6.56. The van der Waals surface area contributed by atoms with Crippen LogP contribution in [0.5, 0.6) is 0 Å². The Bertz CT molecular complexity index is 220. The van der Waals surface area contributed by atoms with Crippen LogP contribution in [0.15, 0.2) is 0 Å². The van der Waals surface area contributed by atoms with Crippen LogP contribution in [0.3, 0.4) is 0 Å². The molecule has 1 saturated carbocycles. The summed E-state index contributed by atoms with van der Waals surface area (Å²) in [5.74, 6) is 1.60. The van der Waals surface area contributed by atoms with Gasteiger partial charge in [0.05, 0.1) is 0 Å². The Morgan fingerprint density at radius 2 is 1.88 bits per heavy atom. The Morgan fingerprint density at radius 1 is 1.24 bits per heavy atom. The van der Waals surface area contributed by atoms with E-state index >= 15 is 0 Å². The van der Waals surface area contributed by atoms with Gasteiger partial charge in [0.25, 0.3) is 0 Å². The largest absolute Gasteiger partial charge is 0.356 e. The first-order valence-electron chi connectivity index (χ1n) is 7.08. The number of carbonyl (C=O) groups is 1. The lowest BCUT2D eigenvalue weighted by molar-refractivity contribution is -0.121. The van der Waals surface area contributed by atoms with Gasteiger partial charge in [-0.15, -0.1) is 0 Å². The zero-order chi connectivity index (χ0) is 12.7. The number of carbonyl (C=O) groups excluding carboxylic acids is 1. The number of nitrogens with one attached hydrogen (secondary N) is 2. The van der Waals surface area contributed by atoms with E-state index in [1.165, 1.54) is 25.7 Å². The molecular weight excluding hydrogens is 212 g/mol. The highest BCUT2D eigenvalue weighted by molar-refractivity contribution is 5.76. The third-order valence-corrected chi connectivity index (χ3v) is 3.51. The van der Waals surface area contributed by atoms with Gasteiger partial charge in [-0.1, -0.05) is 20.8 Å². The predicted molar refractivity (Wildman–Crippen MR) is 71.9 cm³/mol. The van der Waals surface area contributed by atoms with Crippen LogP contribution in [0, 0.1) is 11.8 Å². The zero-order valence-electron chi connectivity index (χ0n) is 11.6. The fourth-order valence-electron chi connectivity index (χ4n) is 2.26. The van der Waals surface area contributed by atoms with E-state index in [-0.39, 0.29) is 5.91 Å². The van der Waals surface area contributed by atoms with E-state index in [1.807, 2.05) is 0 Å². The maximum Gasteiger partial charge on any atom is 0.221 e. The number of hydrogen-bond acceptors (Lipinski definition) is 2. The standard InChI is InChI=1S/C14H28N2O/c1-11(2)10-16-14(17)8-9-15-13-6-4-12(3)5-7-13/h11-13,15H,4-10H2,1-3H3,(H,16,17). The smallest absolute Gasteiger partial charge is 0.221 e. The molecule has 100 valence electrons. The minimum absolute atomic E-state index is 0.176. The van der Waals surface area contributed by atoms with Gasteiger partial charge in [0.2, 0.25) is 5.91 Å². The normalized spacial score (nSPS) is 24.9. The summed E-state index contributed by atoms with van der Waals surface area (Å²) >= 11 is 0. The molecule has 1 fully saturated rings. The van der Waals surface area contributed by atoms with Gasteiger partial charge in [0.15, 0.2) is 0 Å². The lowest BCUT2D eigenvalue weighted by Crippen LogP contribution is -2.36. The third-order valence-electron chi connectivity index (χ3n) is 3.51. The molecule has 0 radical (unpaired) electrons. The predicted octanol–water partition coefficient (Wildman–Crippen LogP) is 2.32. The Balaban J connectivity index is 2.01. The Labute approximate surface area is 106 Å². The van der Waals surface area contributed by atoms with Gasteiger partial charge in [0, 0.05) is 25.6 Å². The summed E-state index contributed by atoms with van der Waals surface area (Å²) < 4.78 is 0. The molecule has 2 N–H and O–H groups in total. The average molecular weight is 240 g/mol. The summed E-state index contributed by atoms with van der Waals surface area (Å²) in [5.41, 5.74) is 0. The molecule has 0 aromatic carbocycles. The molecular formula is C14H28N2O. The zero-order valence-corrected chi connectivity index (χ0v) is 11.6. The van der Waals surface area contributed by atoms with Crippen molar-refractivity contribution < 1.29 is 4.79 Å². The Hall–Kier alpha value is -0.570. The van der Waals surface area contributed by atoms with Crippen molar-refractivity contribution in [3.63, 3.8) is 0 Å². The molecule has 1 aliphatic rings. The van der Waals surface area contributed by atoms with Gasteiger partial charge in [-0.25, -0.2) is 0 Å². The van der Waals surface area contributed by atoms with E-state index in [9.17, 15) is 4.79 Å². The van der Waals surface area contributed by atoms with Crippen LogP contribution < -0.4 is 10.6 Å². The van der Waals surface area contributed by atoms with E-state index in [0.717, 1.165) is 19.0 Å². The van der Waals surface area contributed by atoms with E-state index in [1.54, 1.807) is 0 Å². The van der Waals surface area contributed by atoms with Gasteiger partial charge in [0.1, 0.15) is 0 Å². The molecule has 3 heteroatoms. The van der Waals surface area contributed by atoms with Crippen molar-refractivity contribution in [2.45, 2.75) is 58.9 Å². The summed E-state index contributed by atoms with van der Waals surface area (Å²) in [6.45, 7) is 8.17. The van der Waals surface area contributed by atoms with E-state index < -0.39 is 0 Å². The minimum Gasteiger partial charge on any atom is -0.356 e. The van der Waals surface area contributed by atoms with Crippen LogP contribution in [-0.4, -0.2) is 25.0 Å². The van der Waals surface area contributed by atoms with Gasteiger partial charge < -0.3 is 10.6 Å². The van der Waals surface area contributed by atoms with E-state index in [2.05, 4.69) is 31.4 Å². The van der Waals surface area contributed by atoms with Gasteiger partial charge in [-0.05, 0) is 37.5 Å². The third kappa shape index (κ3) is 6.67. The van der Waals surface area contributed by atoms with E-state index in [4.69, 9.17) is 0 Å². The molecule has 1 rings (SSSR count). The first kappa shape index (κ1) is 14.5. The minimum atomic E-state index is 0.176. The topological polar surface area (TPSA) is 41.1 Å². The highest BCUT2D eigenvalue weighted by atomic mass is 16.1. The van der Waals surface area contributed by atoms with Crippen molar-refractivity contribution in [2.75, 3.05) is 13.1 Å². The fraction of sp³-hybridized carbons (Fsp3) is 0.929. The second-order valence-corrected chi connectivity index (χ2v) is 5.86. The number of rotatable bonds is 6. The molecule has 0 saturated heterocycles. The second kappa shape index (κ2) is 7.70. The van der Waals surface area contributed by atoms with Crippen molar-refractivity contribution in [1.82, 2.24) is 10.6 Å². The van der Waals surface area contributed by atoms with Gasteiger partial charge in [-0.3, -0.25) is 4.79 Å². The highest BCUT2D eigenvalue weighted by Gasteiger charge is 2.17. The molecule has 1 aliphatic carbocycles.